The third-order valence-electron chi connectivity index (χ3n) is 7.91. The largest absolute Gasteiger partial charge is 0.487 e. The lowest BCUT2D eigenvalue weighted by Gasteiger charge is -2.39. The van der Waals surface area contributed by atoms with Crippen LogP contribution in [0, 0.1) is 0 Å². The minimum atomic E-state index is -4.64. The van der Waals surface area contributed by atoms with Gasteiger partial charge in [-0.25, -0.2) is 14.6 Å². The molecule has 2 aliphatic heterocycles. The number of halogens is 4. The van der Waals surface area contributed by atoms with Crippen molar-refractivity contribution in [1.29, 1.82) is 0 Å². The first-order valence-electron chi connectivity index (χ1n) is 14.5. The number of ether oxygens (including phenoxy) is 2. The summed E-state index contributed by atoms with van der Waals surface area (Å²) in [6, 6.07) is 5.59. The molecule has 0 unspecified atom stereocenters. The Morgan fingerprint density at radius 3 is 2.50 bits per heavy atom. The number of nitrogens with zero attached hydrogens (tertiary/aromatic N) is 9. The first-order valence-corrected chi connectivity index (χ1v) is 14.9. The second kappa shape index (κ2) is 13.0. The van der Waals surface area contributed by atoms with Crippen LogP contribution in [0.5, 0.6) is 5.75 Å². The molecular weight excluding hydrogens is 601 g/mol. The van der Waals surface area contributed by atoms with Crippen molar-refractivity contribution in [3.63, 3.8) is 0 Å². The van der Waals surface area contributed by atoms with Crippen LogP contribution in [0.2, 0.25) is 5.02 Å². The van der Waals surface area contributed by atoms with Gasteiger partial charge < -0.3 is 19.7 Å². The highest BCUT2D eigenvalue weighted by molar-refractivity contribution is 6.32. The Labute approximate surface area is 256 Å². The molecule has 234 valence electrons. The second-order valence-corrected chi connectivity index (χ2v) is 11.4. The van der Waals surface area contributed by atoms with Gasteiger partial charge in [-0.2, -0.15) is 18.3 Å². The summed E-state index contributed by atoms with van der Waals surface area (Å²) >= 11 is 6.36. The normalized spacial score (nSPS) is 17.9. The van der Waals surface area contributed by atoms with Crippen LogP contribution in [0.1, 0.15) is 44.3 Å². The number of rotatable bonds is 9. The average molecular weight is 633 g/mol. The second-order valence-electron chi connectivity index (χ2n) is 11.0. The quantitative estimate of drug-likeness (QED) is 0.269. The van der Waals surface area contributed by atoms with E-state index >= 15 is 0 Å². The van der Waals surface area contributed by atoms with E-state index in [0.29, 0.717) is 28.9 Å². The summed E-state index contributed by atoms with van der Waals surface area (Å²) in [4.78, 5) is 11.0. The molecule has 12 nitrogen and oxygen atoms in total. The van der Waals surface area contributed by atoms with Crippen LogP contribution in [-0.4, -0.2) is 83.3 Å². The highest BCUT2D eigenvalue weighted by Crippen LogP contribution is 2.37. The molecule has 0 bridgehead atoms. The molecule has 2 fully saturated rings. The molecule has 1 N–H and O–H groups in total. The molecule has 0 radical (unpaired) electrons. The number of alkyl halides is 3. The van der Waals surface area contributed by atoms with Crippen molar-refractivity contribution >= 4 is 23.2 Å². The molecule has 4 aromatic rings. The first kappa shape index (κ1) is 30.2. The molecule has 6 rings (SSSR count). The molecule has 1 atom stereocenters. The monoisotopic (exact) mass is 632 g/mol. The van der Waals surface area contributed by atoms with E-state index in [2.05, 4.69) is 40.8 Å². The number of anilines is 2. The van der Waals surface area contributed by atoms with Crippen LogP contribution >= 0.6 is 11.6 Å². The lowest BCUT2D eigenvalue weighted by Crippen LogP contribution is -2.44. The SMILES string of the molecule is C[C@@H](Cn1cnnn1)Oc1cc(-c2cnc(Nc3cn(C4CCN(C5CCOCC5)CC4)nc3C(F)(F)F)nc2)ccc1Cl. The number of benzene rings is 1. The van der Waals surface area contributed by atoms with Gasteiger partial charge in [-0.05, 0) is 60.7 Å². The average Bonchev–Trinajstić information content (AvgIpc) is 3.70. The molecule has 0 spiro atoms. The summed E-state index contributed by atoms with van der Waals surface area (Å²) in [6.07, 6.45) is 4.47. The number of likely N-dealkylation sites (tertiary alicyclic amines) is 1. The van der Waals surface area contributed by atoms with Gasteiger partial charge in [-0.3, -0.25) is 4.68 Å². The van der Waals surface area contributed by atoms with E-state index in [1.165, 1.54) is 29.6 Å². The van der Waals surface area contributed by atoms with Gasteiger partial charge in [0.15, 0.2) is 5.69 Å². The summed E-state index contributed by atoms with van der Waals surface area (Å²) < 4.78 is 56.4. The van der Waals surface area contributed by atoms with Gasteiger partial charge in [0.1, 0.15) is 18.2 Å². The lowest BCUT2D eigenvalue weighted by molar-refractivity contribution is -0.141. The van der Waals surface area contributed by atoms with Gasteiger partial charge in [0, 0.05) is 56.5 Å². The van der Waals surface area contributed by atoms with Crippen LogP contribution in [0.4, 0.5) is 24.8 Å². The minimum Gasteiger partial charge on any atom is -0.487 e. The van der Waals surface area contributed by atoms with Crippen molar-refractivity contribution in [2.75, 3.05) is 31.6 Å². The predicted molar refractivity (Wildman–Crippen MR) is 155 cm³/mol. The summed E-state index contributed by atoms with van der Waals surface area (Å²) in [5.41, 5.74) is 0.179. The molecule has 1 aromatic carbocycles. The van der Waals surface area contributed by atoms with E-state index < -0.39 is 11.9 Å². The number of tetrazole rings is 1. The maximum atomic E-state index is 14.0. The Kier molecular flexibility index (Phi) is 8.96. The van der Waals surface area contributed by atoms with Crippen molar-refractivity contribution in [2.45, 2.75) is 63.5 Å². The first-order chi connectivity index (χ1) is 21.2. The van der Waals surface area contributed by atoms with Crippen molar-refractivity contribution in [3.05, 3.63) is 53.8 Å². The Bertz CT molecular complexity index is 1520. The van der Waals surface area contributed by atoms with Crippen molar-refractivity contribution < 1.29 is 22.6 Å². The third kappa shape index (κ3) is 7.11. The van der Waals surface area contributed by atoms with Crippen LogP contribution in [0.15, 0.2) is 43.1 Å². The van der Waals surface area contributed by atoms with E-state index in [4.69, 9.17) is 21.1 Å². The fourth-order valence-electron chi connectivity index (χ4n) is 5.66. The van der Waals surface area contributed by atoms with Crippen LogP contribution in [-0.2, 0) is 17.5 Å². The van der Waals surface area contributed by atoms with E-state index in [1.54, 1.807) is 22.9 Å². The molecular formula is C28H32ClF3N10O2. The zero-order valence-electron chi connectivity index (χ0n) is 24.0. The zero-order chi connectivity index (χ0) is 30.7. The number of aromatic nitrogens is 8. The van der Waals surface area contributed by atoms with Crippen molar-refractivity contribution in [1.82, 2.24) is 44.9 Å². The highest BCUT2D eigenvalue weighted by Gasteiger charge is 2.39. The van der Waals surface area contributed by atoms with Crippen LogP contribution in [0.3, 0.4) is 0 Å². The molecule has 2 aliphatic rings. The molecule has 44 heavy (non-hydrogen) atoms. The van der Waals surface area contributed by atoms with Gasteiger partial charge in [-0.15, -0.1) is 5.10 Å². The van der Waals surface area contributed by atoms with Crippen LogP contribution in [0.25, 0.3) is 11.1 Å². The number of piperidine rings is 1. The molecule has 2 saturated heterocycles. The summed E-state index contributed by atoms with van der Waals surface area (Å²) in [7, 11) is 0. The van der Waals surface area contributed by atoms with Gasteiger partial charge in [0.2, 0.25) is 5.95 Å². The summed E-state index contributed by atoms with van der Waals surface area (Å²) in [6.45, 7) is 5.44. The Balaban J connectivity index is 1.13. The topological polar surface area (TPSA) is 121 Å². The predicted octanol–water partition coefficient (Wildman–Crippen LogP) is 5.03. The van der Waals surface area contributed by atoms with Gasteiger partial charge in [-0.1, -0.05) is 17.7 Å². The molecule has 0 saturated carbocycles. The highest BCUT2D eigenvalue weighted by atomic mass is 35.5. The summed E-state index contributed by atoms with van der Waals surface area (Å²) in [5, 5.41) is 18.2. The molecule has 5 heterocycles. The number of hydrogen-bond acceptors (Lipinski definition) is 10. The maximum Gasteiger partial charge on any atom is 0.437 e. The van der Waals surface area contributed by atoms with Gasteiger partial charge in [0.05, 0.1) is 23.3 Å². The Hall–Kier alpha value is -3.82. The van der Waals surface area contributed by atoms with Crippen LogP contribution < -0.4 is 10.1 Å². The van der Waals surface area contributed by atoms with Gasteiger partial charge in [0.25, 0.3) is 0 Å². The standard InChI is InChI=1S/C28H32ClF3N10O2/c1-18(15-41-17-35-38-39-41)44-25-12-19(2-3-23(25)29)20-13-33-27(34-14-20)36-24-16-42(37-26(24)28(30,31)32)22-4-8-40(9-5-22)21-6-10-43-11-7-21/h2-3,12-14,16-18,21-22H,4-11,15H2,1H3,(H,33,34,36)/t18-/m0/s1. The van der Waals surface area contributed by atoms with E-state index in [1.807, 2.05) is 6.92 Å². The lowest BCUT2D eigenvalue weighted by atomic mass is 10.00. The maximum absolute atomic E-state index is 14.0. The zero-order valence-corrected chi connectivity index (χ0v) is 24.7. The smallest absolute Gasteiger partial charge is 0.437 e. The minimum absolute atomic E-state index is 0.0219. The number of nitrogens with one attached hydrogen (secondary N) is 1. The van der Waals surface area contributed by atoms with E-state index in [9.17, 15) is 13.2 Å². The molecule has 0 aliphatic carbocycles. The number of hydrogen-bond donors (Lipinski definition) is 1. The Morgan fingerprint density at radius 1 is 1.07 bits per heavy atom. The molecule has 0 amide bonds. The van der Waals surface area contributed by atoms with Crippen molar-refractivity contribution in [2.24, 2.45) is 0 Å². The van der Waals surface area contributed by atoms with Gasteiger partial charge >= 0.3 is 6.18 Å². The third-order valence-corrected chi connectivity index (χ3v) is 8.22. The Morgan fingerprint density at radius 2 is 1.82 bits per heavy atom. The molecule has 16 heteroatoms. The van der Waals surface area contributed by atoms with E-state index in [0.717, 1.165) is 57.6 Å². The molecule has 3 aromatic heterocycles. The van der Waals surface area contributed by atoms with Crippen molar-refractivity contribution in [3.8, 4) is 16.9 Å². The summed E-state index contributed by atoms with van der Waals surface area (Å²) in [5.74, 6) is 0.474. The fourth-order valence-corrected chi connectivity index (χ4v) is 5.82. The van der Waals surface area contributed by atoms with E-state index in [-0.39, 0.29) is 23.8 Å². The fraction of sp³-hybridized carbons (Fsp3) is 0.500.